The van der Waals surface area contributed by atoms with Crippen LogP contribution in [-0.2, 0) is 49.0 Å². The Balaban J connectivity index is 0.00000102. The Morgan fingerprint density at radius 3 is 1.42 bits per heavy atom. The molecule has 0 saturated carbocycles. The summed E-state index contributed by atoms with van der Waals surface area (Å²) >= 11 is 9.54. The van der Waals surface area contributed by atoms with Gasteiger partial charge in [0.05, 0.1) is 62.2 Å². The fraction of sp³-hybridized carbons (Fsp3) is 0.317. The predicted octanol–water partition coefficient (Wildman–Crippen LogP) is 7.78. The molecule has 0 atom stereocenters. The first-order valence-corrected chi connectivity index (χ1v) is 44.0. The van der Waals surface area contributed by atoms with E-state index in [1.54, 1.807) is 0 Å². The van der Waals surface area contributed by atoms with Crippen molar-refractivity contribution in [2.75, 3.05) is 14.1 Å². The van der Waals surface area contributed by atoms with Crippen molar-refractivity contribution in [3.63, 3.8) is 0 Å². The van der Waals surface area contributed by atoms with Gasteiger partial charge in [0, 0.05) is 95.3 Å². The smallest absolute Gasteiger partial charge is 1.00 e. The van der Waals surface area contributed by atoms with Gasteiger partial charge in [0.25, 0.3) is 0 Å². The maximum atomic E-state index is 10.9. The summed E-state index contributed by atoms with van der Waals surface area (Å²) in [5, 5.41) is 10.3. The number of para-hydroxylation sites is 1. The van der Waals surface area contributed by atoms with Gasteiger partial charge in [0.1, 0.15) is 14.1 Å². The van der Waals surface area contributed by atoms with Crippen LogP contribution in [0, 0.1) is 0 Å². The van der Waals surface area contributed by atoms with E-state index in [-0.39, 0.29) is 118 Å². The number of allylic oxidation sites excluding steroid dienone is 3. The third kappa shape index (κ3) is 23.6. The summed E-state index contributed by atoms with van der Waals surface area (Å²) < 4.78 is 2.07. The molecule has 0 aliphatic carbocycles. The van der Waals surface area contributed by atoms with E-state index < -0.39 is 0 Å². The summed E-state index contributed by atoms with van der Waals surface area (Å²) in [5.41, 5.74) is 17.3. The second kappa shape index (κ2) is 37.7. The Morgan fingerprint density at radius 1 is 0.605 bits per heavy atom. The quantitative estimate of drug-likeness (QED) is 0.0359. The molecule has 0 saturated heterocycles. The van der Waals surface area contributed by atoms with Crippen molar-refractivity contribution in [1.29, 1.82) is 0 Å². The summed E-state index contributed by atoms with van der Waals surface area (Å²) in [5.74, 6) is 0. The summed E-state index contributed by atoms with van der Waals surface area (Å²) in [7, 11) is 4.09. The van der Waals surface area contributed by atoms with Crippen LogP contribution in [0.25, 0.3) is 10.9 Å². The fourth-order valence-electron chi connectivity index (χ4n) is 9.93. The minimum atomic E-state index is -0.249. The van der Waals surface area contributed by atoms with Crippen LogP contribution in [0.4, 0.5) is 0 Å². The largest absolute Gasteiger partial charge is 1.00 e. The van der Waals surface area contributed by atoms with Gasteiger partial charge in [-0.3, -0.25) is 29.7 Å². The van der Waals surface area contributed by atoms with Crippen LogP contribution in [0.2, 0.25) is 0 Å². The number of aliphatic imine (C=N–C) groups is 4. The van der Waals surface area contributed by atoms with Crippen LogP contribution < -0.4 is 55.2 Å². The SMILES string of the molecule is C/C=C(/C=[N+](C)C)C1=NC(C)(C)Cc2ccccc21.CC1(C)Cc2ccccc2C(C(C=O)=CO)=N1.CC1(C)Cc2ccccc2C(c2cnc3ccccc3c2)=N1.CC1=NC(C)(C)Cc2ccccc21.I.II.I[I-]I.[Cl-].[Na+].[OH-].[V]. The molecule has 4 aliphatic rings. The van der Waals surface area contributed by atoms with Crippen molar-refractivity contribution < 1.29 is 93.7 Å². The number of aromatic nitrogens is 1. The first-order chi connectivity index (χ1) is 36.1. The minimum absolute atomic E-state index is 0. The van der Waals surface area contributed by atoms with Gasteiger partial charge in [-0.15, -0.1) is 24.0 Å². The van der Waals surface area contributed by atoms with E-state index in [4.69, 9.17) is 15.1 Å². The number of nitrogens with zero attached hydrogens (tertiary/aromatic N) is 6. The van der Waals surface area contributed by atoms with E-state index in [0.29, 0.717) is 25.3 Å². The second-order valence-electron chi connectivity index (χ2n) is 21.7. The number of aliphatic hydroxyl groups excluding tert-OH is 1. The van der Waals surface area contributed by atoms with Crippen molar-refractivity contribution >= 4 is 145 Å². The average molecular weight is 1830 g/mol. The van der Waals surface area contributed by atoms with Crippen LogP contribution in [0.1, 0.15) is 119 Å². The number of halogens is 7. The molecule has 81 heavy (non-hydrogen) atoms. The van der Waals surface area contributed by atoms with E-state index in [1.807, 2.05) is 76.6 Å². The summed E-state index contributed by atoms with van der Waals surface area (Å²) in [6.45, 7) is 21.4. The molecule has 18 heteroatoms. The van der Waals surface area contributed by atoms with Crippen molar-refractivity contribution in [3.8, 4) is 0 Å². The van der Waals surface area contributed by atoms with Gasteiger partial charge in [-0.2, -0.15) is 0 Å². The molecule has 10 rings (SSSR count). The van der Waals surface area contributed by atoms with Crippen LogP contribution in [-0.4, -0.2) is 91.7 Å². The number of hydrogen-bond acceptors (Lipinski definition) is 8. The maximum absolute atomic E-state index is 10.9. The van der Waals surface area contributed by atoms with Crippen LogP contribution in [0.3, 0.4) is 0 Å². The van der Waals surface area contributed by atoms with Gasteiger partial charge in [-0.05, 0) is 135 Å². The predicted molar refractivity (Wildman–Crippen MR) is 372 cm³/mol. The molecule has 0 unspecified atom stereocenters. The van der Waals surface area contributed by atoms with E-state index in [1.165, 1.54) is 44.7 Å². The zero-order chi connectivity index (χ0) is 55.8. The molecule has 5 heterocycles. The molecule has 9 nitrogen and oxygen atoms in total. The average Bonchev–Trinajstić information content (AvgIpc) is 3.41. The summed E-state index contributed by atoms with van der Waals surface area (Å²) in [6.07, 6.45) is 11.6. The number of carbonyl (C=O) groups is 1. The third-order valence-electron chi connectivity index (χ3n) is 12.8. The number of rotatable bonds is 5. The van der Waals surface area contributed by atoms with Gasteiger partial charge in [0.2, 0.25) is 0 Å². The Labute approximate surface area is 593 Å². The summed E-state index contributed by atoms with van der Waals surface area (Å²) in [4.78, 5) is 34.7. The number of aldehydes is 1. The molecule has 0 bridgehead atoms. The van der Waals surface area contributed by atoms with Gasteiger partial charge in [-0.1, -0.05) is 121 Å². The molecule has 0 fully saturated rings. The van der Waals surface area contributed by atoms with Gasteiger partial charge in [-0.25, -0.2) is 4.58 Å². The van der Waals surface area contributed by atoms with E-state index in [0.717, 1.165) is 71.0 Å². The number of aliphatic hydroxyl groups is 1. The number of hydrogen-bond donors (Lipinski definition) is 1. The Morgan fingerprint density at radius 2 is 0.975 bits per heavy atom. The first kappa shape index (κ1) is 80.0. The number of carbonyl (C=O) groups excluding carboxylic acids is 1. The topological polar surface area (TPSA) is 133 Å². The normalized spacial score (nSPS) is 15.8. The number of benzene rings is 5. The molecular weight excluding hydrogens is 1760 g/mol. The Bertz CT molecular complexity index is 3250. The third-order valence-corrected chi connectivity index (χ3v) is 12.8. The van der Waals surface area contributed by atoms with E-state index in [2.05, 4.69) is 247 Å². The molecule has 0 amide bonds. The van der Waals surface area contributed by atoms with Crippen LogP contribution in [0.15, 0.2) is 177 Å². The standard InChI is InChI=1S/C20H18N2.C17H23N2.C14H15NO2.C12H15N.ClH.I3.I2.HI.Na.H2O.V/c1-20(2)12-15-8-3-5-9-17(15)19(22-20)16-11-14-7-4-6-10-18(14)21-13-16;1-6-13(12-19(4)5)16-15-10-8-7-9-14(15)11-17(2,3)18-16;1-14(2)7-10-5-3-4-6-12(10)13(15-14)11(8-16)9-17;1-9-11-7-5-4-6-10(11)8-12(2,3)13-9;;1-3-2;1-2;;;;/h3-11,13H,12H2,1-2H3;6-10,12H,11H2,1-5H3;3-6,8-9,16H,7H2,1-2H3;4-7H,8H2,1-3H3;1H;;;1H;;1H2;/q;+1;;;;-1;;;+1;;/p-2/b;13-6-;;;;;;;;;. The van der Waals surface area contributed by atoms with Crippen molar-refractivity contribution in [2.24, 2.45) is 20.0 Å². The first-order valence-electron chi connectivity index (χ1n) is 25.2. The molecule has 6 aromatic rings. The monoisotopic (exact) mass is 1830 g/mol. The fourth-order valence-corrected chi connectivity index (χ4v) is 9.93. The Hall–Kier alpha value is -0.976. The van der Waals surface area contributed by atoms with E-state index in [9.17, 15) is 4.79 Å². The van der Waals surface area contributed by atoms with Crippen molar-refractivity contribution in [3.05, 3.63) is 207 Å². The molecule has 1 aromatic heterocycles. The molecule has 0 spiro atoms. The maximum Gasteiger partial charge on any atom is 1.00 e. The molecule has 429 valence electrons. The molecular formula is C63H73ClI6N6NaO3V-. The van der Waals surface area contributed by atoms with Crippen molar-refractivity contribution in [1.82, 2.24) is 4.98 Å². The van der Waals surface area contributed by atoms with Crippen LogP contribution >= 0.6 is 98.4 Å². The Kier molecular flexibility index (Phi) is 37.2. The van der Waals surface area contributed by atoms with Gasteiger partial charge >= 0.3 is 80.0 Å². The summed E-state index contributed by atoms with van der Waals surface area (Å²) in [6, 6.07) is 44.0. The number of pyridine rings is 1. The minimum Gasteiger partial charge on any atom is -1.00 e. The van der Waals surface area contributed by atoms with Gasteiger partial charge < -0.3 is 23.0 Å². The van der Waals surface area contributed by atoms with Crippen molar-refractivity contribution in [2.45, 2.75) is 117 Å². The molecule has 1 radical (unpaired) electrons. The number of fused-ring (bicyclic) bond motifs is 5. The van der Waals surface area contributed by atoms with Crippen LogP contribution in [0.5, 0.6) is 0 Å². The zero-order valence-corrected chi connectivity index (χ0v) is 65.7. The molecule has 2 N–H and O–H groups in total. The second-order valence-corrected chi connectivity index (χ2v) is 37.9. The zero-order valence-electron chi connectivity index (χ0n) is 48.4. The molecule has 5 aromatic carbocycles. The van der Waals surface area contributed by atoms with Gasteiger partial charge in [0.15, 0.2) is 12.5 Å². The molecule has 4 aliphatic heterocycles. The van der Waals surface area contributed by atoms with E-state index >= 15 is 0 Å².